The van der Waals surface area contributed by atoms with E-state index in [1.54, 1.807) is 24.3 Å². The molecule has 0 saturated heterocycles. The van der Waals surface area contributed by atoms with E-state index in [4.69, 9.17) is 4.74 Å². The normalized spacial score (nSPS) is 10.9. The summed E-state index contributed by atoms with van der Waals surface area (Å²) in [7, 11) is 0. The average molecular weight is 465 g/mol. The second-order valence-corrected chi connectivity index (χ2v) is 9.38. The van der Waals surface area contributed by atoms with E-state index in [0.29, 0.717) is 22.3 Å². The van der Waals surface area contributed by atoms with Crippen LogP contribution in [-0.4, -0.2) is 39.0 Å². The molecule has 0 aliphatic rings. The molecule has 7 nitrogen and oxygen atoms in total. The third kappa shape index (κ3) is 5.50. The Morgan fingerprint density at radius 1 is 1.23 bits per heavy atom. The number of carbonyl (C=O) groups is 2. The molecule has 160 valence electrons. The number of esters is 1. The highest BCUT2D eigenvalue weighted by Gasteiger charge is 2.19. The second kappa shape index (κ2) is 10.7. The highest BCUT2D eigenvalue weighted by atomic mass is 32.2. The Morgan fingerprint density at radius 2 is 2.07 bits per heavy atom. The quantitative estimate of drug-likeness (QED) is 0.352. The number of aromatic nitrogens is 3. The van der Waals surface area contributed by atoms with Crippen LogP contribution in [0.2, 0.25) is 0 Å². The van der Waals surface area contributed by atoms with Crippen molar-refractivity contribution >= 4 is 51.3 Å². The first-order chi connectivity index (χ1) is 14.5. The van der Waals surface area contributed by atoms with Crippen LogP contribution in [0.15, 0.2) is 28.7 Å². The van der Waals surface area contributed by atoms with Crippen LogP contribution in [0.25, 0.3) is 0 Å². The smallest absolute Gasteiger partial charge is 0.341 e. The largest absolute Gasteiger partial charge is 0.462 e. The molecular weight excluding hydrogens is 440 g/mol. The maximum Gasteiger partial charge on any atom is 0.341 e. The van der Waals surface area contributed by atoms with Gasteiger partial charge in [0.05, 0.1) is 17.9 Å². The lowest BCUT2D eigenvalue weighted by Crippen LogP contribution is -2.16. The number of carbonyl (C=O) groups excluding carboxylic acids is 2. The third-order valence-corrected chi connectivity index (χ3v) is 7.27. The topological polar surface area (TPSA) is 86.1 Å². The van der Waals surface area contributed by atoms with Gasteiger partial charge in [0.1, 0.15) is 10.8 Å². The first-order valence-electron chi connectivity index (χ1n) is 9.72. The molecule has 0 spiro atoms. The highest BCUT2D eigenvalue weighted by molar-refractivity contribution is 7.99. The number of anilines is 1. The van der Waals surface area contributed by atoms with Crippen LogP contribution < -0.4 is 5.32 Å². The van der Waals surface area contributed by atoms with Crippen LogP contribution >= 0.6 is 34.4 Å². The summed E-state index contributed by atoms with van der Waals surface area (Å²) in [6.07, 6.45) is 1.51. The van der Waals surface area contributed by atoms with Crippen LogP contribution in [0.5, 0.6) is 0 Å². The van der Waals surface area contributed by atoms with Gasteiger partial charge in [-0.3, -0.25) is 4.79 Å². The number of nitrogens with zero attached hydrogens (tertiary/aromatic N) is 3. The van der Waals surface area contributed by atoms with Crippen LogP contribution in [0.4, 0.5) is 5.00 Å². The molecule has 3 aromatic heterocycles. The molecule has 0 aliphatic heterocycles. The highest BCUT2D eigenvalue weighted by Crippen LogP contribution is 2.30. The van der Waals surface area contributed by atoms with Gasteiger partial charge < -0.3 is 14.6 Å². The van der Waals surface area contributed by atoms with Gasteiger partial charge in [-0.25, -0.2) is 4.79 Å². The summed E-state index contributed by atoms with van der Waals surface area (Å²) in [5, 5.41) is 14.7. The van der Waals surface area contributed by atoms with Crippen LogP contribution in [0, 0.1) is 0 Å². The van der Waals surface area contributed by atoms with Gasteiger partial charge in [0.2, 0.25) is 5.91 Å². The van der Waals surface area contributed by atoms with Gasteiger partial charge in [-0.05, 0) is 37.8 Å². The van der Waals surface area contributed by atoms with Gasteiger partial charge in [-0.1, -0.05) is 24.8 Å². The molecular formula is C20H24N4O3S3. The van der Waals surface area contributed by atoms with Gasteiger partial charge in [0.25, 0.3) is 0 Å². The molecule has 0 aliphatic carbocycles. The minimum Gasteiger partial charge on any atom is -0.462 e. The van der Waals surface area contributed by atoms with E-state index >= 15 is 0 Å². The summed E-state index contributed by atoms with van der Waals surface area (Å²) in [5.41, 5.74) is 0.409. The molecule has 0 bridgehead atoms. The molecule has 0 aromatic carbocycles. The van der Waals surface area contributed by atoms with Crippen molar-refractivity contribution in [3.63, 3.8) is 0 Å². The molecule has 0 saturated carbocycles. The number of thiophene rings is 2. The van der Waals surface area contributed by atoms with Crippen molar-refractivity contribution in [3.05, 3.63) is 44.7 Å². The molecule has 0 atom stereocenters. The average Bonchev–Trinajstić information content (AvgIpc) is 3.47. The van der Waals surface area contributed by atoms with E-state index in [-0.39, 0.29) is 11.7 Å². The zero-order valence-corrected chi connectivity index (χ0v) is 19.6. The van der Waals surface area contributed by atoms with Crippen molar-refractivity contribution in [1.29, 1.82) is 0 Å². The molecule has 10 heteroatoms. The van der Waals surface area contributed by atoms with Crippen LogP contribution in [-0.2, 0) is 28.9 Å². The van der Waals surface area contributed by atoms with Gasteiger partial charge in [-0.15, -0.1) is 32.9 Å². The predicted molar refractivity (Wildman–Crippen MR) is 122 cm³/mol. The van der Waals surface area contributed by atoms with E-state index in [1.165, 1.54) is 28.0 Å². The second-order valence-electron chi connectivity index (χ2n) is 6.27. The standard InChI is InChI=1S/C20H24N4O3S3/c1-4-13-10-15(19(26)27-6-3)18(30-13)21-17(25)12-29-20-23-22-16(24(20)5-2)11-14-8-7-9-28-14/h7-10H,4-6,11-12H2,1-3H3,(H,21,25). The number of thioether (sulfide) groups is 1. The Balaban J connectivity index is 1.64. The fourth-order valence-corrected chi connectivity index (χ4v) is 5.33. The van der Waals surface area contributed by atoms with Gasteiger partial charge >= 0.3 is 5.97 Å². The number of nitrogens with one attached hydrogen (secondary N) is 1. The van der Waals surface area contributed by atoms with E-state index in [9.17, 15) is 9.59 Å². The van der Waals surface area contributed by atoms with E-state index in [0.717, 1.165) is 30.1 Å². The number of hydrogen-bond donors (Lipinski definition) is 1. The first-order valence-corrected chi connectivity index (χ1v) is 12.4. The van der Waals surface area contributed by atoms with E-state index in [1.807, 2.05) is 29.9 Å². The predicted octanol–water partition coefficient (Wildman–Crippen LogP) is 4.48. The van der Waals surface area contributed by atoms with Crippen LogP contribution in [0.3, 0.4) is 0 Å². The molecule has 3 aromatic rings. The summed E-state index contributed by atoms with van der Waals surface area (Å²) >= 11 is 4.43. The van der Waals surface area contributed by atoms with Crippen molar-refractivity contribution in [2.45, 2.75) is 45.3 Å². The first kappa shape index (κ1) is 22.5. The number of rotatable bonds is 10. The molecule has 0 fully saturated rings. The fourth-order valence-electron chi connectivity index (χ4n) is 2.81. The molecule has 3 heterocycles. The summed E-state index contributed by atoms with van der Waals surface area (Å²) in [6, 6.07) is 5.88. The van der Waals surface area contributed by atoms with E-state index < -0.39 is 5.97 Å². The zero-order chi connectivity index (χ0) is 21.5. The number of hydrogen-bond acceptors (Lipinski definition) is 8. The minimum absolute atomic E-state index is 0.179. The summed E-state index contributed by atoms with van der Waals surface area (Å²) < 4.78 is 7.13. The summed E-state index contributed by atoms with van der Waals surface area (Å²) in [5.74, 6) is 0.456. The fraction of sp³-hybridized carbons (Fsp3) is 0.400. The maximum atomic E-state index is 12.5. The molecule has 1 amide bonds. The van der Waals surface area contributed by atoms with Crippen molar-refractivity contribution in [3.8, 4) is 0 Å². The van der Waals surface area contributed by atoms with Gasteiger partial charge in [-0.2, -0.15) is 0 Å². The zero-order valence-electron chi connectivity index (χ0n) is 17.1. The molecule has 3 rings (SSSR count). The molecule has 30 heavy (non-hydrogen) atoms. The number of amides is 1. The number of aryl methyl sites for hydroxylation is 1. The summed E-state index contributed by atoms with van der Waals surface area (Å²) in [4.78, 5) is 27.0. The Morgan fingerprint density at radius 3 is 2.73 bits per heavy atom. The van der Waals surface area contributed by atoms with Crippen molar-refractivity contribution in [2.24, 2.45) is 0 Å². The summed E-state index contributed by atoms with van der Waals surface area (Å²) in [6.45, 7) is 6.83. The van der Waals surface area contributed by atoms with Crippen molar-refractivity contribution in [1.82, 2.24) is 14.8 Å². The Kier molecular flexibility index (Phi) is 8.06. The van der Waals surface area contributed by atoms with Gasteiger partial charge in [0, 0.05) is 22.7 Å². The maximum absolute atomic E-state index is 12.5. The lowest BCUT2D eigenvalue weighted by Gasteiger charge is -2.08. The lowest BCUT2D eigenvalue weighted by atomic mass is 10.2. The van der Waals surface area contributed by atoms with Crippen molar-refractivity contribution in [2.75, 3.05) is 17.7 Å². The minimum atomic E-state index is -0.416. The van der Waals surface area contributed by atoms with E-state index in [2.05, 4.69) is 21.6 Å². The monoisotopic (exact) mass is 464 g/mol. The SMILES string of the molecule is CCOC(=O)c1cc(CC)sc1NC(=O)CSc1nnc(Cc2cccs2)n1CC. The Labute approximate surface area is 187 Å². The van der Waals surface area contributed by atoms with Gasteiger partial charge in [0.15, 0.2) is 5.16 Å². The lowest BCUT2D eigenvalue weighted by molar-refractivity contribution is -0.113. The Hall–Kier alpha value is -2.17. The van der Waals surface area contributed by atoms with Crippen molar-refractivity contribution < 1.29 is 14.3 Å². The van der Waals surface area contributed by atoms with Crippen LogP contribution in [0.1, 0.15) is 46.7 Å². The number of ether oxygens (including phenoxy) is 1. The third-order valence-electron chi connectivity index (χ3n) is 4.23. The Bertz CT molecular complexity index is 995. The molecule has 0 unspecified atom stereocenters. The molecule has 1 N–H and O–H groups in total. The molecule has 0 radical (unpaired) electrons.